The molecule has 1 aliphatic rings. The highest BCUT2D eigenvalue weighted by Gasteiger charge is 2.31. The fourth-order valence-corrected chi connectivity index (χ4v) is 3.29. The Hall–Kier alpha value is -2.14. The number of ether oxygens (including phenoxy) is 1. The van der Waals surface area contributed by atoms with Gasteiger partial charge in [0.1, 0.15) is 5.69 Å². The van der Waals surface area contributed by atoms with Crippen molar-refractivity contribution in [2.24, 2.45) is 0 Å². The molecule has 1 N–H and O–H groups in total. The molecule has 5 nitrogen and oxygen atoms in total. The van der Waals surface area contributed by atoms with E-state index in [1.165, 1.54) is 0 Å². The van der Waals surface area contributed by atoms with Crippen LogP contribution in [-0.4, -0.2) is 46.7 Å². The Labute approximate surface area is 135 Å². The van der Waals surface area contributed by atoms with Crippen LogP contribution in [0.15, 0.2) is 30.3 Å². The Kier molecular flexibility index (Phi) is 4.48. The molecule has 2 unspecified atom stereocenters. The largest absolute Gasteiger partial charge is 0.481 e. The average Bonchev–Trinajstić information content (AvgIpc) is 2.60. The molecule has 1 fully saturated rings. The van der Waals surface area contributed by atoms with Crippen molar-refractivity contribution in [2.75, 3.05) is 13.7 Å². The van der Waals surface area contributed by atoms with Gasteiger partial charge in [-0.3, -0.25) is 4.79 Å². The van der Waals surface area contributed by atoms with Gasteiger partial charge in [0.05, 0.1) is 19.3 Å². The summed E-state index contributed by atoms with van der Waals surface area (Å²) in [6.07, 6.45) is 2.28. The summed E-state index contributed by atoms with van der Waals surface area (Å²) in [7, 11) is 1.56. The molecule has 2 heterocycles. The molecule has 1 amide bonds. The molecule has 0 saturated carbocycles. The summed E-state index contributed by atoms with van der Waals surface area (Å²) >= 11 is 0. The standard InChI is InChI=1S/C18H22N2O3/c1-12(21)16-9-5-6-10-20(16)18(22)15-11-13-7-3-4-8-14(13)17(19-15)23-2/h3-4,7-8,11-12,16,21H,5-6,9-10H2,1-2H3. The maximum absolute atomic E-state index is 12.9. The first kappa shape index (κ1) is 15.7. The Balaban J connectivity index is 2.00. The number of hydrogen-bond donors (Lipinski definition) is 1. The second-order valence-corrected chi connectivity index (χ2v) is 6.04. The Morgan fingerprint density at radius 2 is 2.17 bits per heavy atom. The van der Waals surface area contributed by atoms with Gasteiger partial charge in [0, 0.05) is 11.9 Å². The maximum atomic E-state index is 12.9. The average molecular weight is 314 g/mol. The number of amides is 1. The predicted octanol–water partition coefficient (Wildman–Crippen LogP) is 2.62. The molecule has 0 bridgehead atoms. The first-order valence-electron chi connectivity index (χ1n) is 8.04. The first-order chi connectivity index (χ1) is 11.1. The van der Waals surface area contributed by atoms with Crippen LogP contribution in [0.1, 0.15) is 36.7 Å². The van der Waals surface area contributed by atoms with E-state index in [2.05, 4.69) is 4.98 Å². The molecule has 23 heavy (non-hydrogen) atoms. The van der Waals surface area contributed by atoms with Gasteiger partial charge in [0.2, 0.25) is 5.88 Å². The molecule has 2 atom stereocenters. The smallest absolute Gasteiger partial charge is 0.272 e. The van der Waals surface area contributed by atoms with Crippen LogP contribution in [0.2, 0.25) is 0 Å². The third kappa shape index (κ3) is 3.01. The van der Waals surface area contributed by atoms with Gasteiger partial charge in [-0.1, -0.05) is 18.2 Å². The van der Waals surface area contributed by atoms with Crippen LogP contribution in [-0.2, 0) is 0 Å². The van der Waals surface area contributed by atoms with Crippen molar-refractivity contribution < 1.29 is 14.6 Å². The van der Waals surface area contributed by atoms with Crippen LogP contribution in [0.25, 0.3) is 10.8 Å². The summed E-state index contributed by atoms with van der Waals surface area (Å²) < 4.78 is 5.35. The number of rotatable bonds is 3. The Morgan fingerprint density at radius 3 is 2.91 bits per heavy atom. The molecule has 5 heteroatoms. The van der Waals surface area contributed by atoms with Gasteiger partial charge < -0.3 is 14.7 Å². The highest BCUT2D eigenvalue weighted by atomic mass is 16.5. The highest BCUT2D eigenvalue weighted by Crippen LogP contribution is 2.27. The highest BCUT2D eigenvalue weighted by molar-refractivity contribution is 5.98. The lowest BCUT2D eigenvalue weighted by Crippen LogP contribution is -2.49. The van der Waals surface area contributed by atoms with Crippen molar-refractivity contribution in [3.63, 3.8) is 0 Å². The number of methoxy groups -OCH3 is 1. The van der Waals surface area contributed by atoms with E-state index in [9.17, 15) is 9.90 Å². The fraction of sp³-hybridized carbons (Fsp3) is 0.444. The number of nitrogens with zero attached hydrogens (tertiary/aromatic N) is 2. The lowest BCUT2D eigenvalue weighted by Gasteiger charge is -2.37. The van der Waals surface area contributed by atoms with Gasteiger partial charge in [-0.15, -0.1) is 0 Å². The molecule has 3 rings (SSSR count). The minimum absolute atomic E-state index is 0.139. The second-order valence-electron chi connectivity index (χ2n) is 6.04. The van der Waals surface area contributed by atoms with Gasteiger partial charge in [0.15, 0.2) is 0 Å². The SMILES string of the molecule is COc1nc(C(=O)N2CCCCC2C(C)O)cc2ccccc12. The minimum atomic E-state index is -0.540. The van der Waals surface area contributed by atoms with E-state index in [1.54, 1.807) is 25.0 Å². The molecule has 1 aromatic heterocycles. The quantitative estimate of drug-likeness (QED) is 0.946. The molecule has 1 aromatic carbocycles. The number of benzene rings is 1. The first-order valence-corrected chi connectivity index (χ1v) is 8.04. The van der Waals surface area contributed by atoms with E-state index in [4.69, 9.17) is 4.74 Å². The second kappa shape index (κ2) is 6.54. The number of carbonyl (C=O) groups excluding carboxylic acids is 1. The van der Waals surface area contributed by atoms with E-state index < -0.39 is 6.10 Å². The number of pyridine rings is 1. The van der Waals surface area contributed by atoms with Crippen molar-refractivity contribution in [2.45, 2.75) is 38.3 Å². The van der Waals surface area contributed by atoms with Crippen molar-refractivity contribution >= 4 is 16.7 Å². The molecular formula is C18H22N2O3. The number of carbonyl (C=O) groups is 1. The number of likely N-dealkylation sites (tertiary alicyclic amines) is 1. The van der Waals surface area contributed by atoms with Gasteiger partial charge in [-0.2, -0.15) is 0 Å². The third-order valence-electron chi connectivity index (χ3n) is 4.48. The maximum Gasteiger partial charge on any atom is 0.272 e. The molecular weight excluding hydrogens is 292 g/mol. The van der Waals surface area contributed by atoms with Gasteiger partial charge in [0.25, 0.3) is 5.91 Å². The topological polar surface area (TPSA) is 62.7 Å². The van der Waals surface area contributed by atoms with E-state index >= 15 is 0 Å². The number of fused-ring (bicyclic) bond motifs is 1. The number of hydrogen-bond acceptors (Lipinski definition) is 4. The summed E-state index contributed by atoms with van der Waals surface area (Å²) in [4.78, 5) is 19.1. The van der Waals surface area contributed by atoms with Crippen LogP contribution < -0.4 is 4.74 Å². The number of piperidine rings is 1. The number of aliphatic hydroxyl groups is 1. The molecule has 0 radical (unpaired) electrons. The van der Waals surface area contributed by atoms with Crippen molar-refractivity contribution in [3.8, 4) is 5.88 Å². The zero-order valence-electron chi connectivity index (χ0n) is 13.5. The number of aromatic nitrogens is 1. The lowest BCUT2D eigenvalue weighted by atomic mass is 9.97. The van der Waals surface area contributed by atoms with Crippen LogP contribution in [0.4, 0.5) is 0 Å². The van der Waals surface area contributed by atoms with E-state index in [0.717, 1.165) is 30.0 Å². The van der Waals surface area contributed by atoms with Gasteiger partial charge >= 0.3 is 0 Å². The van der Waals surface area contributed by atoms with Crippen LogP contribution in [0, 0.1) is 0 Å². The van der Waals surface area contributed by atoms with E-state index in [0.29, 0.717) is 18.1 Å². The van der Waals surface area contributed by atoms with Gasteiger partial charge in [-0.25, -0.2) is 4.98 Å². The predicted molar refractivity (Wildman–Crippen MR) is 88.7 cm³/mol. The number of aliphatic hydroxyl groups excluding tert-OH is 1. The molecule has 1 aliphatic heterocycles. The summed E-state index contributed by atoms with van der Waals surface area (Å²) in [5.41, 5.74) is 0.369. The molecule has 1 saturated heterocycles. The zero-order valence-corrected chi connectivity index (χ0v) is 13.5. The normalized spacial score (nSPS) is 19.6. The third-order valence-corrected chi connectivity index (χ3v) is 4.48. The van der Waals surface area contributed by atoms with E-state index in [-0.39, 0.29) is 11.9 Å². The van der Waals surface area contributed by atoms with Crippen LogP contribution in [0.3, 0.4) is 0 Å². The molecule has 2 aromatic rings. The molecule has 122 valence electrons. The van der Waals surface area contributed by atoms with Gasteiger partial charge in [-0.05, 0) is 43.7 Å². The zero-order chi connectivity index (χ0) is 16.4. The van der Waals surface area contributed by atoms with Crippen molar-refractivity contribution in [1.29, 1.82) is 0 Å². The van der Waals surface area contributed by atoms with Crippen molar-refractivity contribution in [1.82, 2.24) is 9.88 Å². The summed E-state index contributed by atoms with van der Waals surface area (Å²) in [5, 5.41) is 11.8. The fourth-order valence-electron chi connectivity index (χ4n) is 3.29. The Morgan fingerprint density at radius 1 is 1.39 bits per heavy atom. The van der Waals surface area contributed by atoms with Crippen molar-refractivity contribution in [3.05, 3.63) is 36.0 Å². The lowest BCUT2D eigenvalue weighted by molar-refractivity contribution is 0.0276. The monoisotopic (exact) mass is 314 g/mol. The molecule has 0 spiro atoms. The molecule has 0 aliphatic carbocycles. The van der Waals surface area contributed by atoms with Crippen LogP contribution >= 0.6 is 0 Å². The summed E-state index contributed by atoms with van der Waals surface area (Å²) in [6.45, 7) is 2.40. The summed E-state index contributed by atoms with van der Waals surface area (Å²) in [6, 6.07) is 9.37. The van der Waals surface area contributed by atoms with Crippen LogP contribution in [0.5, 0.6) is 5.88 Å². The van der Waals surface area contributed by atoms with E-state index in [1.807, 2.05) is 24.3 Å². The summed E-state index contributed by atoms with van der Waals surface area (Å²) in [5.74, 6) is 0.316. The minimum Gasteiger partial charge on any atom is -0.481 e. The Bertz CT molecular complexity index is 714.